The summed E-state index contributed by atoms with van der Waals surface area (Å²) in [5.41, 5.74) is 8.18. The van der Waals surface area contributed by atoms with Crippen molar-refractivity contribution >= 4 is 55.4 Å². The number of nitrogens with zero attached hydrogens (tertiary/aromatic N) is 2. The summed E-state index contributed by atoms with van der Waals surface area (Å²) in [6.45, 7) is 6.52. The molecule has 8 rings (SSSR count). The van der Waals surface area contributed by atoms with Crippen molar-refractivity contribution < 1.29 is 14.3 Å². The molecular weight excluding hydrogens is 604 g/mol. The van der Waals surface area contributed by atoms with E-state index in [2.05, 4.69) is 94.9 Å². The number of ether oxygens (including phenoxy) is 1. The zero-order valence-electron chi connectivity index (χ0n) is 28.5. The summed E-state index contributed by atoms with van der Waals surface area (Å²) in [6, 6.07) is 38.0. The standard InChI is InChI=1S/C44H42N2O3/c1-4-45-38-23-21-31(25-36(38)37-26-32(22-24-39(37)45)44(48)33-16-8-5-13-28(33)2)42(27-43(49-29(3)47)30-14-6-7-15-30)46-40-19-11-9-17-34(40)35-18-10-12-20-41(35)46/h5,8-13,16-26,30,42-43H,4,6-7,14-15,27H2,1-3H3. The molecule has 0 aliphatic heterocycles. The van der Waals surface area contributed by atoms with Gasteiger partial charge in [0.2, 0.25) is 0 Å². The predicted octanol–water partition coefficient (Wildman–Crippen LogP) is 10.6. The number of aromatic nitrogens is 2. The number of ketones is 1. The normalized spacial score (nSPS) is 15.0. The highest BCUT2D eigenvalue weighted by Crippen LogP contribution is 2.41. The molecule has 246 valence electrons. The van der Waals surface area contributed by atoms with Crippen molar-refractivity contribution in [3.8, 4) is 0 Å². The number of carbonyl (C=O) groups is 2. The van der Waals surface area contributed by atoms with Crippen LogP contribution in [0, 0.1) is 12.8 Å². The Bertz CT molecular complexity index is 2320. The van der Waals surface area contributed by atoms with Crippen LogP contribution in [0.4, 0.5) is 0 Å². The molecule has 1 fully saturated rings. The van der Waals surface area contributed by atoms with Crippen molar-refractivity contribution in [3.05, 3.63) is 131 Å². The van der Waals surface area contributed by atoms with E-state index in [0.717, 1.165) is 52.3 Å². The first-order valence-corrected chi connectivity index (χ1v) is 17.7. The van der Waals surface area contributed by atoms with Gasteiger partial charge in [0.25, 0.3) is 0 Å². The molecule has 0 bridgehead atoms. The number of carbonyl (C=O) groups excluding carboxylic acids is 2. The van der Waals surface area contributed by atoms with Gasteiger partial charge < -0.3 is 13.9 Å². The summed E-state index contributed by atoms with van der Waals surface area (Å²) >= 11 is 0. The van der Waals surface area contributed by atoms with E-state index in [1.807, 2.05) is 37.3 Å². The number of aryl methyl sites for hydroxylation is 2. The van der Waals surface area contributed by atoms with Gasteiger partial charge in [0.1, 0.15) is 6.10 Å². The minimum Gasteiger partial charge on any atom is -0.462 e. The summed E-state index contributed by atoms with van der Waals surface area (Å²) in [7, 11) is 0. The quantitative estimate of drug-likeness (QED) is 0.116. The average molecular weight is 647 g/mol. The second-order valence-corrected chi connectivity index (χ2v) is 13.7. The third kappa shape index (κ3) is 5.42. The molecule has 0 amide bonds. The largest absolute Gasteiger partial charge is 0.462 e. The predicted molar refractivity (Wildman–Crippen MR) is 199 cm³/mol. The molecule has 7 aromatic rings. The second kappa shape index (κ2) is 12.7. The SMILES string of the molecule is CCn1c2ccc(C(=O)c3ccccc3C)cc2c2cc(C(CC(OC(C)=O)C3CCCC3)n3c4ccccc4c4ccccc43)ccc21. The summed E-state index contributed by atoms with van der Waals surface area (Å²) in [5.74, 6) is 0.169. The van der Waals surface area contributed by atoms with Crippen LogP contribution in [0.15, 0.2) is 109 Å². The zero-order chi connectivity index (χ0) is 33.6. The highest BCUT2D eigenvalue weighted by molar-refractivity contribution is 6.15. The summed E-state index contributed by atoms with van der Waals surface area (Å²) in [5, 5.41) is 4.64. The van der Waals surface area contributed by atoms with Crippen molar-refractivity contribution in [1.82, 2.24) is 9.13 Å². The van der Waals surface area contributed by atoms with E-state index in [1.165, 1.54) is 40.2 Å². The fraction of sp³-hybridized carbons (Fsp3) is 0.273. The Morgan fingerprint density at radius 2 is 1.35 bits per heavy atom. The summed E-state index contributed by atoms with van der Waals surface area (Å²) in [4.78, 5) is 26.3. The van der Waals surface area contributed by atoms with Gasteiger partial charge in [-0.25, -0.2) is 0 Å². The monoisotopic (exact) mass is 646 g/mol. The van der Waals surface area contributed by atoms with Crippen LogP contribution in [0.25, 0.3) is 43.6 Å². The van der Waals surface area contributed by atoms with E-state index in [9.17, 15) is 9.59 Å². The maximum atomic E-state index is 13.8. The smallest absolute Gasteiger partial charge is 0.302 e. The minimum absolute atomic E-state index is 0.0393. The topological polar surface area (TPSA) is 53.2 Å². The molecule has 5 nitrogen and oxygen atoms in total. The van der Waals surface area contributed by atoms with Gasteiger partial charge in [0.15, 0.2) is 5.78 Å². The Balaban J connectivity index is 1.34. The summed E-state index contributed by atoms with van der Waals surface area (Å²) < 4.78 is 11.0. The number of fused-ring (bicyclic) bond motifs is 6. The van der Waals surface area contributed by atoms with Gasteiger partial charge in [-0.2, -0.15) is 0 Å². The van der Waals surface area contributed by atoms with Crippen molar-refractivity contribution in [2.24, 2.45) is 5.92 Å². The van der Waals surface area contributed by atoms with E-state index in [4.69, 9.17) is 4.74 Å². The molecule has 0 N–H and O–H groups in total. The van der Waals surface area contributed by atoms with E-state index >= 15 is 0 Å². The third-order valence-corrected chi connectivity index (χ3v) is 10.9. The molecule has 0 spiro atoms. The van der Waals surface area contributed by atoms with Gasteiger partial charge in [0, 0.05) is 74.6 Å². The first-order valence-electron chi connectivity index (χ1n) is 17.7. The van der Waals surface area contributed by atoms with E-state index < -0.39 is 0 Å². The zero-order valence-corrected chi connectivity index (χ0v) is 28.5. The van der Waals surface area contributed by atoms with Crippen LogP contribution in [0.2, 0.25) is 0 Å². The number of hydrogen-bond donors (Lipinski definition) is 0. The highest BCUT2D eigenvalue weighted by atomic mass is 16.5. The number of rotatable bonds is 9. The van der Waals surface area contributed by atoms with E-state index in [-0.39, 0.29) is 23.9 Å². The first kappa shape index (κ1) is 31.1. The Morgan fingerprint density at radius 3 is 2.00 bits per heavy atom. The van der Waals surface area contributed by atoms with Crippen molar-refractivity contribution in [2.45, 2.75) is 71.6 Å². The van der Waals surface area contributed by atoms with E-state index in [0.29, 0.717) is 17.9 Å². The Morgan fingerprint density at radius 1 is 0.735 bits per heavy atom. The van der Waals surface area contributed by atoms with Crippen LogP contribution >= 0.6 is 0 Å². The molecule has 2 unspecified atom stereocenters. The molecule has 2 heterocycles. The average Bonchev–Trinajstić information content (AvgIpc) is 3.85. The lowest BCUT2D eigenvalue weighted by Crippen LogP contribution is -2.28. The maximum absolute atomic E-state index is 13.8. The number of hydrogen-bond acceptors (Lipinski definition) is 3. The van der Waals surface area contributed by atoms with Crippen LogP contribution in [0.1, 0.15) is 79.0 Å². The third-order valence-electron chi connectivity index (χ3n) is 10.9. The molecule has 1 aliphatic rings. The lowest BCUT2D eigenvalue weighted by molar-refractivity contribution is -0.149. The fourth-order valence-corrected chi connectivity index (χ4v) is 8.57. The van der Waals surface area contributed by atoms with Crippen molar-refractivity contribution in [1.29, 1.82) is 0 Å². The molecule has 5 heteroatoms. The highest BCUT2D eigenvalue weighted by Gasteiger charge is 2.32. The molecular formula is C44H42N2O3. The van der Waals surface area contributed by atoms with E-state index in [1.54, 1.807) is 6.92 Å². The minimum atomic E-state index is -0.217. The molecule has 5 aromatic carbocycles. The van der Waals surface area contributed by atoms with Gasteiger partial charge >= 0.3 is 5.97 Å². The first-order chi connectivity index (χ1) is 23.9. The second-order valence-electron chi connectivity index (χ2n) is 13.7. The van der Waals surface area contributed by atoms with Crippen LogP contribution in [0.5, 0.6) is 0 Å². The molecule has 0 radical (unpaired) electrons. The summed E-state index contributed by atoms with van der Waals surface area (Å²) in [6.07, 6.45) is 5.01. The number of para-hydroxylation sites is 2. The lowest BCUT2D eigenvalue weighted by atomic mass is 9.90. The van der Waals surface area contributed by atoms with Crippen molar-refractivity contribution in [2.75, 3.05) is 0 Å². The molecule has 0 saturated heterocycles. The van der Waals surface area contributed by atoms with Crippen molar-refractivity contribution in [3.63, 3.8) is 0 Å². The van der Waals surface area contributed by atoms with Gasteiger partial charge in [-0.1, -0.05) is 79.6 Å². The van der Waals surface area contributed by atoms with Crippen LogP contribution in [-0.2, 0) is 16.1 Å². The Labute approximate surface area is 287 Å². The van der Waals surface area contributed by atoms with Gasteiger partial charge in [-0.3, -0.25) is 9.59 Å². The maximum Gasteiger partial charge on any atom is 0.302 e. The molecule has 1 aliphatic carbocycles. The molecule has 2 atom stereocenters. The number of benzene rings is 5. The van der Waals surface area contributed by atoms with Crippen LogP contribution in [0.3, 0.4) is 0 Å². The van der Waals surface area contributed by atoms with Gasteiger partial charge in [-0.15, -0.1) is 0 Å². The number of esters is 1. The van der Waals surface area contributed by atoms with Crippen LogP contribution in [-0.4, -0.2) is 27.0 Å². The van der Waals surface area contributed by atoms with Gasteiger partial charge in [0.05, 0.1) is 6.04 Å². The lowest BCUT2D eigenvalue weighted by Gasteiger charge is -2.30. The fourth-order valence-electron chi connectivity index (χ4n) is 8.57. The Hall–Kier alpha value is -5.16. The molecule has 2 aromatic heterocycles. The van der Waals surface area contributed by atoms with Crippen LogP contribution < -0.4 is 0 Å². The molecule has 1 saturated carbocycles. The Kier molecular flexibility index (Phi) is 8.07. The molecule has 49 heavy (non-hydrogen) atoms. The van der Waals surface area contributed by atoms with Gasteiger partial charge in [-0.05, 0) is 86.2 Å².